The van der Waals surface area contributed by atoms with Gasteiger partial charge in [-0.3, -0.25) is 9.69 Å². The van der Waals surface area contributed by atoms with Gasteiger partial charge in [0.25, 0.3) is 0 Å². The van der Waals surface area contributed by atoms with Crippen molar-refractivity contribution in [3.8, 4) is 17.5 Å². The van der Waals surface area contributed by atoms with Crippen LogP contribution in [-0.2, 0) is 24.2 Å². The average molecular weight is 497 g/mol. The summed E-state index contributed by atoms with van der Waals surface area (Å²) >= 11 is 3.21. The molecule has 0 unspecified atom stereocenters. The number of hydrogen-bond donors (Lipinski definition) is 1. The van der Waals surface area contributed by atoms with Gasteiger partial charge in [-0.1, -0.05) is 11.6 Å². The van der Waals surface area contributed by atoms with Crippen LogP contribution in [0.15, 0.2) is 21.3 Å². The van der Waals surface area contributed by atoms with Crippen LogP contribution in [-0.4, -0.2) is 58.6 Å². The number of carbonyl (C=O) groups excluding carboxylic acids is 1. The maximum absolute atomic E-state index is 12.6. The Hall–Kier alpha value is -2.58. The molecule has 4 heterocycles. The molecule has 178 valence electrons. The zero-order valence-electron chi connectivity index (χ0n) is 19.1. The van der Waals surface area contributed by atoms with Gasteiger partial charge in [-0.25, -0.2) is 0 Å². The summed E-state index contributed by atoms with van der Waals surface area (Å²) in [5.41, 5.74) is 2.84. The maximum atomic E-state index is 12.6. The number of aryl methyl sites for hydroxylation is 1. The van der Waals surface area contributed by atoms with Crippen molar-refractivity contribution in [3.05, 3.63) is 38.7 Å². The summed E-state index contributed by atoms with van der Waals surface area (Å²) in [6.45, 7) is 4.95. The lowest BCUT2D eigenvalue weighted by atomic mass is 10.1. The van der Waals surface area contributed by atoms with Gasteiger partial charge in [0.2, 0.25) is 17.6 Å². The van der Waals surface area contributed by atoms with Crippen molar-refractivity contribution < 1.29 is 9.32 Å². The molecule has 8 nitrogen and oxygen atoms in total. The molecule has 10 heteroatoms. The zero-order valence-corrected chi connectivity index (χ0v) is 20.7. The molecule has 34 heavy (non-hydrogen) atoms. The molecule has 0 saturated carbocycles. The van der Waals surface area contributed by atoms with Crippen LogP contribution in [0.25, 0.3) is 11.4 Å². The highest BCUT2D eigenvalue weighted by molar-refractivity contribution is 7.16. The fraction of sp³-hybridized carbons (Fsp3) is 0.500. The monoisotopic (exact) mass is 496 g/mol. The second kappa shape index (κ2) is 10.8. The minimum Gasteiger partial charge on any atom is -0.338 e. The van der Waals surface area contributed by atoms with Crippen LogP contribution >= 0.6 is 22.7 Å². The number of piperazine rings is 1. The Bertz CT molecular complexity index is 1150. The third-order valence-corrected chi connectivity index (χ3v) is 8.40. The Morgan fingerprint density at radius 1 is 1.18 bits per heavy atom. The Kier molecular flexibility index (Phi) is 7.35. The van der Waals surface area contributed by atoms with Gasteiger partial charge in [0.1, 0.15) is 11.1 Å². The second-order valence-corrected chi connectivity index (χ2v) is 10.7. The lowest BCUT2D eigenvalue weighted by Crippen LogP contribution is -2.46. The number of aromatic nitrogens is 2. The summed E-state index contributed by atoms with van der Waals surface area (Å²) in [4.78, 5) is 23.0. The Morgan fingerprint density at radius 2 is 2.00 bits per heavy atom. The lowest BCUT2D eigenvalue weighted by molar-refractivity contribution is -0.116. The van der Waals surface area contributed by atoms with Gasteiger partial charge >= 0.3 is 0 Å². The molecular formula is C24H28N6O2S2. The van der Waals surface area contributed by atoms with Gasteiger partial charge in [-0.05, 0) is 42.7 Å². The van der Waals surface area contributed by atoms with Gasteiger partial charge in [0.05, 0.1) is 12.1 Å². The summed E-state index contributed by atoms with van der Waals surface area (Å²) in [7, 11) is 0. The van der Waals surface area contributed by atoms with Crippen molar-refractivity contribution in [1.29, 1.82) is 5.26 Å². The van der Waals surface area contributed by atoms with Crippen LogP contribution in [0.2, 0.25) is 0 Å². The molecule has 0 aromatic carbocycles. The number of carbonyl (C=O) groups is 1. The van der Waals surface area contributed by atoms with E-state index in [2.05, 4.69) is 31.3 Å². The van der Waals surface area contributed by atoms with E-state index in [4.69, 9.17) is 4.52 Å². The number of rotatable bonds is 7. The molecular weight excluding hydrogens is 468 g/mol. The van der Waals surface area contributed by atoms with E-state index >= 15 is 0 Å². The van der Waals surface area contributed by atoms with Crippen LogP contribution in [0.5, 0.6) is 0 Å². The second-order valence-electron chi connectivity index (χ2n) is 8.82. The Balaban J connectivity index is 1.07. The number of anilines is 1. The third-order valence-electron chi connectivity index (χ3n) is 6.51. The smallest absolute Gasteiger partial charge is 0.241 e. The molecule has 1 aliphatic carbocycles. The highest BCUT2D eigenvalue weighted by Crippen LogP contribution is 2.37. The molecule has 1 N–H and O–H groups in total. The van der Waals surface area contributed by atoms with Crippen LogP contribution in [0.1, 0.15) is 47.6 Å². The minimum absolute atomic E-state index is 0.0119. The molecule has 1 amide bonds. The van der Waals surface area contributed by atoms with Gasteiger partial charge in [-0.2, -0.15) is 21.6 Å². The van der Waals surface area contributed by atoms with Crippen molar-refractivity contribution in [2.75, 3.05) is 38.0 Å². The molecule has 3 aromatic heterocycles. The zero-order chi connectivity index (χ0) is 23.3. The Morgan fingerprint density at radius 3 is 2.79 bits per heavy atom. The van der Waals surface area contributed by atoms with E-state index in [0.29, 0.717) is 30.2 Å². The number of hydrogen-bond acceptors (Lipinski definition) is 9. The first-order chi connectivity index (χ1) is 16.7. The third kappa shape index (κ3) is 5.39. The molecule has 3 aromatic rings. The SMILES string of the molecule is N#Cc1c(NC(=O)CCN2CCN(Cc3nc(-c4ccsc4)no3)CC2)sc2c1CCCCC2. The summed E-state index contributed by atoms with van der Waals surface area (Å²) in [6, 6.07) is 4.33. The standard InChI is InChI=1S/C24H28N6O2S2/c25-14-19-18-4-2-1-3-5-20(18)34-24(19)26-21(31)6-8-29-9-11-30(12-10-29)15-22-27-23(28-32-22)17-7-13-33-16-17/h7,13,16H,1-6,8-12,15H2,(H,26,31). The topological polar surface area (TPSA) is 98.3 Å². The Labute approximate surface area is 207 Å². The maximum Gasteiger partial charge on any atom is 0.241 e. The predicted octanol–water partition coefficient (Wildman–Crippen LogP) is 4.15. The van der Waals surface area contributed by atoms with Crippen molar-refractivity contribution in [2.24, 2.45) is 0 Å². The van der Waals surface area contributed by atoms with Crippen molar-refractivity contribution in [1.82, 2.24) is 19.9 Å². The van der Waals surface area contributed by atoms with Crippen LogP contribution in [0.3, 0.4) is 0 Å². The van der Waals surface area contributed by atoms with E-state index in [-0.39, 0.29) is 5.91 Å². The molecule has 5 rings (SSSR count). The van der Waals surface area contributed by atoms with Crippen molar-refractivity contribution in [2.45, 2.75) is 45.1 Å². The first-order valence-electron chi connectivity index (χ1n) is 11.8. The van der Waals surface area contributed by atoms with E-state index < -0.39 is 0 Å². The molecule has 1 aliphatic heterocycles. The number of nitrogens with one attached hydrogen (secondary N) is 1. The lowest BCUT2D eigenvalue weighted by Gasteiger charge is -2.33. The van der Waals surface area contributed by atoms with E-state index in [1.165, 1.54) is 23.3 Å². The number of nitrogens with zero attached hydrogens (tertiary/aromatic N) is 5. The largest absolute Gasteiger partial charge is 0.338 e. The van der Waals surface area contributed by atoms with Crippen LogP contribution in [0, 0.1) is 11.3 Å². The number of nitriles is 1. The minimum atomic E-state index is -0.0119. The number of amides is 1. The van der Waals surface area contributed by atoms with Gasteiger partial charge in [0.15, 0.2) is 0 Å². The van der Waals surface area contributed by atoms with Gasteiger partial charge in [0, 0.05) is 55.0 Å². The van der Waals surface area contributed by atoms with Crippen LogP contribution in [0.4, 0.5) is 5.00 Å². The van der Waals surface area contributed by atoms with E-state index in [1.807, 2.05) is 16.8 Å². The van der Waals surface area contributed by atoms with E-state index in [0.717, 1.165) is 62.6 Å². The normalized spacial score (nSPS) is 17.1. The summed E-state index contributed by atoms with van der Waals surface area (Å²) in [5.74, 6) is 1.27. The van der Waals surface area contributed by atoms with Crippen LogP contribution < -0.4 is 5.32 Å². The molecule has 0 atom stereocenters. The fourth-order valence-electron chi connectivity index (χ4n) is 4.59. The first-order valence-corrected chi connectivity index (χ1v) is 13.6. The number of thiophene rings is 2. The molecule has 0 bridgehead atoms. The molecule has 1 fully saturated rings. The number of fused-ring (bicyclic) bond motifs is 1. The van der Waals surface area contributed by atoms with Crippen molar-refractivity contribution >= 4 is 33.6 Å². The molecule has 0 spiro atoms. The summed E-state index contributed by atoms with van der Waals surface area (Å²) in [6.07, 6.45) is 5.91. The first kappa shape index (κ1) is 23.2. The summed E-state index contributed by atoms with van der Waals surface area (Å²) in [5, 5.41) is 21.5. The fourth-order valence-corrected chi connectivity index (χ4v) is 6.48. The van der Waals surface area contributed by atoms with Crippen molar-refractivity contribution in [3.63, 3.8) is 0 Å². The van der Waals surface area contributed by atoms with E-state index in [9.17, 15) is 10.1 Å². The van der Waals surface area contributed by atoms with E-state index in [1.54, 1.807) is 22.7 Å². The van der Waals surface area contributed by atoms with Gasteiger partial charge in [-0.15, -0.1) is 11.3 Å². The highest BCUT2D eigenvalue weighted by Gasteiger charge is 2.23. The molecule has 2 aliphatic rings. The molecule has 1 saturated heterocycles. The average Bonchev–Trinajstić information content (AvgIpc) is 3.57. The predicted molar refractivity (Wildman–Crippen MR) is 133 cm³/mol. The summed E-state index contributed by atoms with van der Waals surface area (Å²) < 4.78 is 5.42. The highest BCUT2D eigenvalue weighted by atomic mass is 32.1. The molecule has 0 radical (unpaired) electrons. The van der Waals surface area contributed by atoms with Gasteiger partial charge < -0.3 is 14.7 Å². The quantitative estimate of drug-likeness (QED) is 0.491.